The summed E-state index contributed by atoms with van der Waals surface area (Å²) in [7, 11) is 0. The zero-order valence-corrected chi connectivity index (χ0v) is 30.6. The van der Waals surface area contributed by atoms with Crippen LogP contribution < -0.4 is 4.90 Å². The van der Waals surface area contributed by atoms with Gasteiger partial charge in [0.05, 0.1) is 5.69 Å². The van der Waals surface area contributed by atoms with Gasteiger partial charge >= 0.3 is 0 Å². The van der Waals surface area contributed by atoms with Crippen molar-refractivity contribution in [3.63, 3.8) is 0 Å². The van der Waals surface area contributed by atoms with Crippen LogP contribution in [0.1, 0.15) is 0 Å². The Hall–Kier alpha value is -6.94. The molecule has 0 fully saturated rings. The van der Waals surface area contributed by atoms with E-state index in [0.717, 1.165) is 50.1 Å². The molecule has 0 spiro atoms. The normalized spacial score (nSPS) is 11.6. The topological polar surface area (TPSA) is 16.4 Å². The molecular weight excluding hydrogens is 687 g/mol. The molecule has 258 valence electrons. The van der Waals surface area contributed by atoms with E-state index in [0.29, 0.717) is 0 Å². The van der Waals surface area contributed by atoms with Crippen molar-refractivity contribution in [3.05, 3.63) is 200 Å². The predicted molar refractivity (Wildman–Crippen MR) is 235 cm³/mol. The average Bonchev–Trinajstić information content (AvgIpc) is 3.82. The fourth-order valence-corrected chi connectivity index (χ4v) is 9.47. The van der Waals surface area contributed by atoms with E-state index in [9.17, 15) is 0 Å². The quantitative estimate of drug-likeness (QED) is 0.170. The Morgan fingerprint density at radius 1 is 0.364 bits per heavy atom. The summed E-state index contributed by atoms with van der Waals surface area (Å²) in [6.07, 6.45) is 0. The van der Waals surface area contributed by atoms with Crippen molar-refractivity contribution < 1.29 is 4.42 Å². The maximum absolute atomic E-state index is 6.19. The van der Waals surface area contributed by atoms with Crippen molar-refractivity contribution in [3.8, 4) is 33.4 Å². The van der Waals surface area contributed by atoms with Crippen molar-refractivity contribution in [2.75, 3.05) is 4.90 Å². The summed E-state index contributed by atoms with van der Waals surface area (Å²) in [4.78, 5) is 2.43. The average molecular weight is 720 g/mol. The number of thiophene rings is 1. The highest BCUT2D eigenvalue weighted by Gasteiger charge is 2.20. The minimum Gasteiger partial charge on any atom is -0.456 e. The number of nitrogens with zero attached hydrogens (tertiary/aromatic N) is 1. The number of hydrogen-bond donors (Lipinski definition) is 0. The van der Waals surface area contributed by atoms with Crippen LogP contribution in [0.4, 0.5) is 17.1 Å². The molecule has 0 saturated heterocycles. The van der Waals surface area contributed by atoms with Gasteiger partial charge in [-0.05, 0) is 99.3 Å². The Balaban J connectivity index is 1.13. The Bertz CT molecular complexity index is 3240. The molecule has 0 aliphatic heterocycles. The fraction of sp³-hybridized carbons (Fsp3) is 0. The number of fused-ring (bicyclic) bond motifs is 7. The minimum absolute atomic E-state index is 0.900. The van der Waals surface area contributed by atoms with E-state index in [1.807, 2.05) is 23.5 Å². The smallest absolute Gasteiger partial charge is 0.135 e. The second kappa shape index (κ2) is 12.9. The minimum atomic E-state index is 0.900. The van der Waals surface area contributed by atoms with Crippen LogP contribution in [-0.2, 0) is 0 Å². The molecule has 55 heavy (non-hydrogen) atoms. The van der Waals surface area contributed by atoms with E-state index >= 15 is 0 Å². The highest BCUT2D eigenvalue weighted by atomic mass is 32.1. The van der Waals surface area contributed by atoms with E-state index in [-0.39, 0.29) is 0 Å². The molecule has 2 nitrogen and oxygen atoms in total. The Kier molecular flexibility index (Phi) is 7.39. The van der Waals surface area contributed by atoms with Crippen LogP contribution >= 0.6 is 11.3 Å². The van der Waals surface area contributed by atoms with E-state index < -0.39 is 0 Å². The van der Waals surface area contributed by atoms with Gasteiger partial charge in [0, 0.05) is 47.9 Å². The van der Waals surface area contributed by atoms with Gasteiger partial charge in [-0.15, -0.1) is 11.3 Å². The second-order valence-corrected chi connectivity index (χ2v) is 15.1. The molecule has 0 unspecified atom stereocenters. The van der Waals surface area contributed by atoms with E-state index in [4.69, 9.17) is 4.42 Å². The van der Waals surface area contributed by atoms with Crippen LogP contribution in [0, 0.1) is 0 Å². The van der Waals surface area contributed by atoms with Gasteiger partial charge in [0.25, 0.3) is 0 Å². The number of hydrogen-bond acceptors (Lipinski definition) is 3. The molecule has 11 rings (SSSR count). The summed E-state index contributed by atoms with van der Waals surface area (Å²) in [5.74, 6) is 0. The first kappa shape index (κ1) is 31.6. The third-order valence-electron chi connectivity index (χ3n) is 10.9. The van der Waals surface area contributed by atoms with Gasteiger partial charge < -0.3 is 9.32 Å². The third kappa shape index (κ3) is 5.32. The molecular formula is C52H33NOS. The Morgan fingerprint density at radius 2 is 0.964 bits per heavy atom. The van der Waals surface area contributed by atoms with Crippen LogP contribution in [0.3, 0.4) is 0 Å². The maximum atomic E-state index is 6.19. The molecule has 0 aliphatic carbocycles. The molecule has 0 amide bonds. The Morgan fingerprint density at radius 3 is 1.87 bits per heavy atom. The van der Waals surface area contributed by atoms with Crippen LogP contribution in [0.5, 0.6) is 0 Å². The fourth-order valence-electron chi connectivity index (χ4n) is 8.34. The molecule has 0 radical (unpaired) electrons. The summed E-state index contributed by atoms with van der Waals surface area (Å²) >= 11 is 1.86. The first-order valence-corrected chi connectivity index (χ1v) is 19.5. The molecule has 2 aromatic heterocycles. The summed E-state index contributed by atoms with van der Waals surface area (Å²) in [5, 5.41) is 7.33. The lowest BCUT2D eigenvalue weighted by Crippen LogP contribution is -2.11. The number of furan rings is 1. The van der Waals surface area contributed by atoms with Crippen molar-refractivity contribution in [2.24, 2.45) is 0 Å². The molecule has 9 aromatic carbocycles. The van der Waals surface area contributed by atoms with Gasteiger partial charge in [-0.3, -0.25) is 0 Å². The van der Waals surface area contributed by atoms with Crippen molar-refractivity contribution in [1.82, 2.24) is 0 Å². The van der Waals surface area contributed by atoms with E-state index in [2.05, 4.69) is 193 Å². The summed E-state index contributed by atoms with van der Waals surface area (Å²) in [5.41, 5.74) is 12.2. The second-order valence-electron chi connectivity index (χ2n) is 14.1. The highest BCUT2D eigenvalue weighted by Crippen LogP contribution is 2.46. The summed E-state index contributed by atoms with van der Waals surface area (Å²) in [6.45, 7) is 0. The van der Waals surface area contributed by atoms with Gasteiger partial charge in [0.15, 0.2) is 0 Å². The van der Waals surface area contributed by atoms with Gasteiger partial charge in [-0.2, -0.15) is 0 Å². The third-order valence-corrected chi connectivity index (χ3v) is 12.0. The number of anilines is 3. The monoisotopic (exact) mass is 719 g/mol. The maximum Gasteiger partial charge on any atom is 0.135 e. The van der Waals surface area contributed by atoms with Crippen LogP contribution in [0.15, 0.2) is 205 Å². The summed E-state index contributed by atoms with van der Waals surface area (Å²) < 4.78 is 8.81. The van der Waals surface area contributed by atoms with Crippen LogP contribution in [-0.4, -0.2) is 0 Å². The number of para-hydroxylation sites is 2. The molecule has 2 heterocycles. The molecule has 0 bridgehead atoms. The van der Waals surface area contributed by atoms with E-state index in [1.54, 1.807) is 0 Å². The first-order valence-electron chi connectivity index (χ1n) is 18.7. The Labute approximate surface area is 322 Å². The molecule has 3 heteroatoms. The molecule has 0 aliphatic rings. The van der Waals surface area contributed by atoms with Crippen molar-refractivity contribution in [2.45, 2.75) is 0 Å². The van der Waals surface area contributed by atoms with Gasteiger partial charge in [0.1, 0.15) is 11.2 Å². The van der Waals surface area contributed by atoms with Crippen molar-refractivity contribution in [1.29, 1.82) is 0 Å². The van der Waals surface area contributed by atoms with Crippen molar-refractivity contribution >= 4 is 81.3 Å². The van der Waals surface area contributed by atoms with Crippen LogP contribution in [0.25, 0.3) is 86.3 Å². The predicted octanol–water partition coefficient (Wildman–Crippen LogP) is 15.6. The zero-order valence-electron chi connectivity index (χ0n) is 29.8. The lowest BCUT2D eigenvalue weighted by atomic mass is 9.95. The lowest BCUT2D eigenvalue weighted by molar-refractivity contribution is 0.669. The van der Waals surface area contributed by atoms with Gasteiger partial charge in [-0.25, -0.2) is 0 Å². The number of benzene rings is 9. The van der Waals surface area contributed by atoms with E-state index in [1.165, 1.54) is 53.2 Å². The SMILES string of the molecule is c1cc(-c2ccc3oc4ccccc4c3c2)cc(N(c2cccc(-c3cccc4sc5ccccc5c34)c2)c2ccccc2-c2cccc3ccccc23)c1. The van der Waals surface area contributed by atoms with Gasteiger partial charge in [0.2, 0.25) is 0 Å². The number of rotatable bonds is 6. The molecule has 0 N–H and O–H groups in total. The molecule has 0 saturated carbocycles. The standard InChI is InChI=1S/C52H33NOS/c1-2-19-40-34(13-1)14-11-24-42(40)43-20-3-6-25-47(43)53(38-17-9-15-35(31-38)36-29-30-49-46(33-36)44-21-4-7-26-48(44)54-49)39-18-10-16-37(32-39)41-23-12-28-51-52(41)45-22-5-8-27-50(45)55-51/h1-33H. The largest absolute Gasteiger partial charge is 0.456 e. The lowest BCUT2D eigenvalue weighted by Gasteiger charge is -2.29. The zero-order chi connectivity index (χ0) is 36.3. The summed E-state index contributed by atoms with van der Waals surface area (Å²) in [6, 6.07) is 72.4. The highest BCUT2D eigenvalue weighted by molar-refractivity contribution is 7.25. The van der Waals surface area contributed by atoms with Gasteiger partial charge in [-0.1, -0.05) is 140 Å². The first-order chi connectivity index (χ1) is 27.3. The molecule has 0 atom stereocenters. The van der Waals surface area contributed by atoms with Crippen LogP contribution in [0.2, 0.25) is 0 Å². The molecule has 11 aromatic rings.